The van der Waals surface area contributed by atoms with Gasteiger partial charge >= 0.3 is 11.9 Å². The quantitative estimate of drug-likeness (QED) is 0.706. The first-order valence-electron chi connectivity index (χ1n) is 8.83. The molecule has 29 heavy (non-hydrogen) atoms. The number of aromatic nitrogens is 1. The number of thiazole rings is 1. The highest BCUT2D eigenvalue weighted by Crippen LogP contribution is 2.31. The summed E-state index contributed by atoms with van der Waals surface area (Å²) >= 11 is 0.939. The van der Waals surface area contributed by atoms with Crippen molar-refractivity contribution in [3.05, 3.63) is 34.3 Å². The average Bonchev–Trinajstić information content (AvgIpc) is 2.94. The topological polar surface area (TPSA) is 113 Å². The monoisotopic (exact) mass is 420 g/mol. The van der Waals surface area contributed by atoms with Crippen molar-refractivity contribution in [1.29, 1.82) is 0 Å². The second-order valence-corrected chi connectivity index (χ2v) is 7.09. The molecule has 0 aliphatic carbocycles. The molecule has 1 N–H and O–H groups in total. The number of anilines is 1. The molecular formula is C19H20N2O7S. The maximum absolute atomic E-state index is 12.4. The number of hydrogen-bond acceptors (Lipinski definition) is 9. The van der Waals surface area contributed by atoms with Gasteiger partial charge in [-0.25, -0.2) is 9.78 Å². The van der Waals surface area contributed by atoms with E-state index in [0.717, 1.165) is 23.3 Å². The lowest BCUT2D eigenvalue weighted by atomic mass is 10.1. The van der Waals surface area contributed by atoms with Crippen molar-refractivity contribution < 1.29 is 33.3 Å². The summed E-state index contributed by atoms with van der Waals surface area (Å²) in [6.07, 6.45) is 0.677. The minimum Gasteiger partial charge on any atom is -0.490 e. The van der Waals surface area contributed by atoms with Crippen molar-refractivity contribution in [2.75, 3.05) is 32.8 Å². The van der Waals surface area contributed by atoms with Crippen LogP contribution in [0.3, 0.4) is 0 Å². The fourth-order valence-electron chi connectivity index (χ4n) is 2.65. The number of rotatable bonds is 6. The molecule has 1 amide bonds. The zero-order chi connectivity index (χ0) is 20.8. The first-order chi connectivity index (χ1) is 14.0. The molecule has 3 rings (SSSR count). The Morgan fingerprint density at radius 3 is 2.59 bits per heavy atom. The third kappa shape index (κ3) is 5.23. The van der Waals surface area contributed by atoms with Gasteiger partial charge in [-0.15, -0.1) is 0 Å². The smallest absolute Gasteiger partial charge is 0.350 e. The molecule has 10 heteroatoms. The molecule has 0 bridgehead atoms. The molecule has 2 aromatic rings. The van der Waals surface area contributed by atoms with E-state index in [1.807, 2.05) is 0 Å². The van der Waals surface area contributed by atoms with Crippen LogP contribution in [-0.2, 0) is 31.9 Å². The second kappa shape index (κ2) is 9.37. The molecule has 9 nitrogen and oxygen atoms in total. The number of hydrogen-bond donors (Lipinski definition) is 1. The maximum atomic E-state index is 12.4. The Kier molecular flexibility index (Phi) is 6.65. The molecule has 0 fully saturated rings. The third-order valence-electron chi connectivity index (χ3n) is 4.03. The van der Waals surface area contributed by atoms with E-state index in [0.29, 0.717) is 24.7 Å². The first kappa shape index (κ1) is 20.6. The highest BCUT2D eigenvalue weighted by molar-refractivity contribution is 7.17. The van der Waals surface area contributed by atoms with Crippen molar-refractivity contribution in [2.45, 2.75) is 19.3 Å². The van der Waals surface area contributed by atoms with E-state index in [1.54, 1.807) is 18.2 Å². The van der Waals surface area contributed by atoms with E-state index in [9.17, 15) is 14.4 Å². The molecule has 154 valence electrons. The Hall–Kier alpha value is -3.14. The van der Waals surface area contributed by atoms with Crippen LogP contribution in [0.4, 0.5) is 5.13 Å². The zero-order valence-corrected chi connectivity index (χ0v) is 16.8. The maximum Gasteiger partial charge on any atom is 0.350 e. The van der Waals surface area contributed by atoms with Crippen molar-refractivity contribution >= 4 is 34.3 Å². The predicted molar refractivity (Wildman–Crippen MR) is 104 cm³/mol. The van der Waals surface area contributed by atoms with Crippen LogP contribution in [0, 0.1) is 0 Å². The van der Waals surface area contributed by atoms with Crippen LogP contribution in [0.2, 0.25) is 0 Å². The van der Waals surface area contributed by atoms with Gasteiger partial charge in [0.05, 0.1) is 46.0 Å². The van der Waals surface area contributed by atoms with Crippen LogP contribution in [0.5, 0.6) is 11.5 Å². The lowest BCUT2D eigenvalue weighted by Gasteiger charge is -2.09. The van der Waals surface area contributed by atoms with Gasteiger partial charge in [-0.3, -0.25) is 9.59 Å². The van der Waals surface area contributed by atoms with Gasteiger partial charge in [-0.2, -0.15) is 0 Å². The summed E-state index contributed by atoms with van der Waals surface area (Å²) in [4.78, 5) is 40.2. The summed E-state index contributed by atoms with van der Waals surface area (Å²) in [5.41, 5.74) is 0.936. The van der Waals surface area contributed by atoms with Crippen molar-refractivity contribution in [1.82, 2.24) is 4.98 Å². The Labute approximate surface area is 170 Å². The van der Waals surface area contributed by atoms with E-state index in [1.165, 1.54) is 14.2 Å². The largest absolute Gasteiger partial charge is 0.490 e. The van der Waals surface area contributed by atoms with E-state index in [4.69, 9.17) is 14.2 Å². The fourth-order valence-corrected chi connectivity index (χ4v) is 3.57. The van der Waals surface area contributed by atoms with Crippen LogP contribution < -0.4 is 14.8 Å². The molecule has 1 aliphatic rings. The van der Waals surface area contributed by atoms with Crippen LogP contribution in [0.1, 0.15) is 27.3 Å². The fraction of sp³-hybridized carbons (Fsp3) is 0.368. The average molecular weight is 420 g/mol. The Balaban J connectivity index is 1.71. The number of methoxy groups -OCH3 is 2. The minimum absolute atomic E-state index is 0.0795. The molecule has 0 unspecified atom stereocenters. The number of nitrogens with zero attached hydrogens (tertiary/aromatic N) is 1. The number of amides is 1. The van der Waals surface area contributed by atoms with Gasteiger partial charge in [-0.1, -0.05) is 17.4 Å². The van der Waals surface area contributed by atoms with E-state index in [2.05, 4.69) is 15.0 Å². The molecule has 1 aliphatic heterocycles. The van der Waals surface area contributed by atoms with E-state index >= 15 is 0 Å². The Morgan fingerprint density at radius 2 is 1.86 bits per heavy atom. The summed E-state index contributed by atoms with van der Waals surface area (Å²) in [6, 6.07) is 5.33. The minimum atomic E-state index is -0.634. The van der Waals surface area contributed by atoms with Crippen LogP contribution >= 0.6 is 11.3 Å². The summed E-state index contributed by atoms with van der Waals surface area (Å²) in [6.45, 7) is 1.15. The van der Waals surface area contributed by atoms with Crippen molar-refractivity contribution in [3.63, 3.8) is 0 Å². The van der Waals surface area contributed by atoms with Gasteiger partial charge in [0.25, 0.3) is 0 Å². The third-order valence-corrected chi connectivity index (χ3v) is 5.02. The summed E-state index contributed by atoms with van der Waals surface area (Å²) in [7, 11) is 2.47. The van der Waals surface area contributed by atoms with Gasteiger partial charge in [0.15, 0.2) is 16.6 Å². The number of ether oxygens (including phenoxy) is 4. The highest BCUT2D eigenvalue weighted by Gasteiger charge is 2.22. The van der Waals surface area contributed by atoms with Crippen LogP contribution in [-0.4, -0.2) is 50.3 Å². The summed E-state index contributed by atoms with van der Waals surface area (Å²) in [5.74, 6) is -0.248. The number of nitrogens with one attached hydrogen (secondary N) is 1. The number of esters is 2. The van der Waals surface area contributed by atoms with Gasteiger partial charge < -0.3 is 24.3 Å². The number of fused-ring (bicyclic) bond motifs is 1. The molecule has 1 aromatic heterocycles. The molecular weight excluding hydrogens is 400 g/mol. The van der Waals surface area contributed by atoms with Gasteiger partial charge in [0.2, 0.25) is 5.91 Å². The Bertz CT molecular complexity index is 925. The second-order valence-electron chi connectivity index (χ2n) is 6.10. The summed E-state index contributed by atoms with van der Waals surface area (Å²) < 4.78 is 20.5. The number of benzene rings is 1. The standard InChI is InChI=1S/C19H20N2O7S/c1-25-16(23)10-12-17(18(24)26-2)29-19(20-12)21-15(22)9-11-4-5-13-14(8-11)28-7-3-6-27-13/h4-5,8H,3,6-7,9-10H2,1-2H3,(H,20,21,22). The summed E-state index contributed by atoms with van der Waals surface area (Å²) in [5, 5.41) is 2.85. The normalized spacial score (nSPS) is 12.6. The van der Waals surface area contributed by atoms with E-state index in [-0.39, 0.29) is 34.5 Å². The molecule has 0 atom stereocenters. The molecule has 1 aromatic carbocycles. The SMILES string of the molecule is COC(=O)Cc1nc(NC(=O)Cc2ccc3c(c2)OCCCO3)sc1C(=O)OC. The van der Waals surface area contributed by atoms with Crippen LogP contribution in [0.15, 0.2) is 18.2 Å². The van der Waals surface area contributed by atoms with Crippen molar-refractivity contribution in [2.24, 2.45) is 0 Å². The van der Waals surface area contributed by atoms with Gasteiger partial charge in [0.1, 0.15) is 4.88 Å². The lowest BCUT2D eigenvalue weighted by molar-refractivity contribution is -0.139. The van der Waals surface area contributed by atoms with E-state index < -0.39 is 11.9 Å². The molecule has 0 spiro atoms. The van der Waals surface area contributed by atoms with Gasteiger partial charge in [0, 0.05) is 6.42 Å². The molecule has 2 heterocycles. The molecule has 0 saturated heterocycles. The lowest BCUT2D eigenvalue weighted by Crippen LogP contribution is -2.14. The molecule has 0 radical (unpaired) electrons. The highest BCUT2D eigenvalue weighted by atomic mass is 32.1. The van der Waals surface area contributed by atoms with Crippen molar-refractivity contribution in [3.8, 4) is 11.5 Å². The number of carbonyl (C=O) groups excluding carboxylic acids is 3. The van der Waals surface area contributed by atoms with Gasteiger partial charge in [-0.05, 0) is 17.7 Å². The first-order valence-corrected chi connectivity index (χ1v) is 9.65. The predicted octanol–water partition coefficient (Wildman–Crippen LogP) is 1.99. The molecule has 0 saturated carbocycles. The van der Waals surface area contributed by atoms with Crippen LogP contribution in [0.25, 0.3) is 0 Å². The number of carbonyl (C=O) groups is 3. The Morgan fingerprint density at radius 1 is 1.10 bits per heavy atom. The zero-order valence-electron chi connectivity index (χ0n) is 16.0.